The van der Waals surface area contributed by atoms with Crippen molar-refractivity contribution in [2.24, 2.45) is 0 Å². The van der Waals surface area contributed by atoms with Gasteiger partial charge in [-0.2, -0.15) is 0 Å². The lowest BCUT2D eigenvalue weighted by Gasteiger charge is -2.23. The Morgan fingerprint density at radius 2 is 2.00 bits per heavy atom. The van der Waals surface area contributed by atoms with Crippen molar-refractivity contribution >= 4 is 61.9 Å². The van der Waals surface area contributed by atoms with Gasteiger partial charge in [-0.1, -0.05) is 23.5 Å². The van der Waals surface area contributed by atoms with Crippen molar-refractivity contribution < 1.29 is 19.1 Å². The summed E-state index contributed by atoms with van der Waals surface area (Å²) < 4.78 is 6.84. The Morgan fingerprint density at radius 1 is 1.21 bits per heavy atom. The Hall–Kier alpha value is -2.75. The Balaban J connectivity index is 1.52. The lowest BCUT2D eigenvalue weighted by molar-refractivity contribution is -0.121. The fourth-order valence-corrected chi connectivity index (χ4v) is 5.86. The molecule has 7 nitrogen and oxygen atoms in total. The average Bonchev–Trinajstić information content (AvgIpc) is 3.57. The number of thioether (sulfide) groups is 1. The van der Waals surface area contributed by atoms with E-state index in [4.69, 9.17) is 9.72 Å². The number of aromatic nitrogens is 1. The van der Waals surface area contributed by atoms with E-state index < -0.39 is 0 Å². The highest BCUT2D eigenvalue weighted by molar-refractivity contribution is 7.98. The molecule has 9 heteroatoms. The van der Waals surface area contributed by atoms with Gasteiger partial charge in [0, 0.05) is 29.9 Å². The minimum atomic E-state index is -0.239. The van der Waals surface area contributed by atoms with Crippen LogP contribution in [0.25, 0.3) is 10.2 Å². The number of carbonyl (C=O) groups is 3. The third-order valence-corrected chi connectivity index (χ3v) is 7.69. The van der Waals surface area contributed by atoms with Gasteiger partial charge in [0.15, 0.2) is 5.13 Å². The molecular formula is C24H23N3O4S2. The zero-order valence-electron chi connectivity index (χ0n) is 18.2. The number of para-hydroxylation sites is 1. The van der Waals surface area contributed by atoms with Crippen LogP contribution in [0.4, 0.5) is 10.8 Å². The molecule has 170 valence electrons. The van der Waals surface area contributed by atoms with Crippen LogP contribution in [0.15, 0.2) is 47.4 Å². The molecule has 2 fully saturated rings. The normalized spacial score (nSPS) is 18.5. The van der Waals surface area contributed by atoms with E-state index in [1.54, 1.807) is 40.9 Å². The number of hydrogen-bond acceptors (Lipinski definition) is 7. The maximum absolute atomic E-state index is 13.7. The molecule has 3 heterocycles. The number of carbonyl (C=O) groups excluding carboxylic acids is 3. The van der Waals surface area contributed by atoms with E-state index in [0.29, 0.717) is 29.5 Å². The van der Waals surface area contributed by atoms with E-state index in [0.717, 1.165) is 28.0 Å². The molecule has 3 amide bonds. The number of ether oxygens (including phenoxy) is 1. The maximum Gasteiger partial charge on any atom is 0.260 e. The van der Waals surface area contributed by atoms with E-state index in [1.807, 2.05) is 24.5 Å². The van der Waals surface area contributed by atoms with Gasteiger partial charge in [-0.25, -0.2) is 4.98 Å². The van der Waals surface area contributed by atoms with Crippen LogP contribution in [0.2, 0.25) is 0 Å². The van der Waals surface area contributed by atoms with Crippen LogP contribution >= 0.6 is 23.1 Å². The van der Waals surface area contributed by atoms with E-state index in [2.05, 4.69) is 0 Å². The van der Waals surface area contributed by atoms with Gasteiger partial charge in [0.1, 0.15) is 0 Å². The van der Waals surface area contributed by atoms with E-state index >= 15 is 0 Å². The van der Waals surface area contributed by atoms with Crippen molar-refractivity contribution in [3.8, 4) is 0 Å². The molecule has 2 saturated heterocycles. The van der Waals surface area contributed by atoms with Crippen LogP contribution in [0.5, 0.6) is 0 Å². The molecule has 0 radical (unpaired) electrons. The van der Waals surface area contributed by atoms with Crippen LogP contribution in [0, 0.1) is 0 Å². The summed E-state index contributed by atoms with van der Waals surface area (Å²) in [6.45, 7) is 1.09. The zero-order chi connectivity index (χ0) is 22.9. The van der Waals surface area contributed by atoms with Crippen molar-refractivity contribution in [2.75, 3.05) is 29.2 Å². The quantitative estimate of drug-likeness (QED) is 0.381. The Kier molecular flexibility index (Phi) is 6.18. The third-order valence-electron chi connectivity index (χ3n) is 5.88. The zero-order valence-corrected chi connectivity index (χ0v) is 19.8. The largest absolute Gasteiger partial charge is 0.376 e. The number of hydrogen-bond donors (Lipinski definition) is 0. The highest BCUT2D eigenvalue weighted by Gasteiger charge is 2.32. The number of thiazole rings is 1. The van der Waals surface area contributed by atoms with Crippen LogP contribution in [0.1, 0.15) is 36.0 Å². The van der Waals surface area contributed by atoms with Gasteiger partial charge in [0.25, 0.3) is 5.91 Å². The standard InChI is InChI=1S/C24H23N3O4S2/c1-32-18-8-3-9-19-22(18)25-24(33-19)26(14-17-7-4-12-31-17)23(30)15-5-2-6-16(13-15)27-20(28)10-11-21(27)29/h2-3,5-6,8-9,13,17H,4,7,10-12,14H2,1H3. The summed E-state index contributed by atoms with van der Waals surface area (Å²) in [4.78, 5) is 46.9. The van der Waals surface area contributed by atoms with E-state index in [1.165, 1.54) is 16.2 Å². The second-order valence-corrected chi connectivity index (χ2v) is 9.88. The summed E-state index contributed by atoms with van der Waals surface area (Å²) >= 11 is 3.10. The highest BCUT2D eigenvalue weighted by atomic mass is 32.2. The van der Waals surface area contributed by atoms with Crippen LogP contribution in [-0.2, 0) is 14.3 Å². The maximum atomic E-state index is 13.7. The number of anilines is 2. The summed E-state index contributed by atoms with van der Waals surface area (Å²) in [7, 11) is 0. The molecule has 0 aliphatic carbocycles. The molecular weight excluding hydrogens is 458 g/mol. The molecule has 33 heavy (non-hydrogen) atoms. The predicted octanol–water partition coefficient (Wildman–Crippen LogP) is 4.50. The minimum absolute atomic E-state index is 0.0501. The third kappa shape index (κ3) is 4.28. The molecule has 2 aliphatic heterocycles. The molecule has 0 bridgehead atoms. The van der Waals surface area contributed by atoms with Gasteiger partial charge in [-0.15, -0.1) is 11.8 Å². The van der Waals surface area contributed by atoms with Crippen LogP contribution in [0.3, 0.4) is 0 Å². The van der Waals surface area contributed by atoms with Gasteiger partial charge in [-0.05, 0) is 49.4 Å². The average molecular weight is 482 g/mol. The molecule has 0 spiro atoms. The van der Waals surface area contributed by atoms with Crippen molar-refractivity contribution in [1.82, 2.24) is 4.98 Å². The summed E-state index contributed by atoms with van der Waals surface area (Å²) in [5.41, 5.74) is 1.72. The van der Waals surface area contributed by atoms with Crippen molar-refractivity contribution in [2.45, 2.75) is 36.7 Å². The van der Waals surface area contributed by atoms with Crippen molar-refractivity contribution in [3.63, 3.8) is 0 Å². The van der Waals surface area contributed by atoms with E-state index in [9.17, 15) is 14.4 Å². The first-order valence-electron chi connectivity index (χ1n) is 10.9. The number of rotatable bonds is 6. The van der Waals surface area contributed by atoms with Gasteiger partial charge in [-0.3, -0.25) is 24.2 Å². The lowest BCUT2D eigenvalue weighted by Crippen LogP contribution is -2.37. The van der Waals surface area contributed by atoms with Crippen LogP contribution < -0.4 is 9.80 Å². The molecule has 1 aromatic heterocycles. The molecule has 3 aromatic rings. The highest BCUT2D eigenvalue weighted by Crippen LogP contribution is 2.35. The smallest absolute Gasteiger partial charge is 0.260 e. The molecule has 2 aliphatic rings. The topological polar surface area (TPSA) is 79.8 Å². The van der Waals surface area contributed by atoms with Gasteiger partial charge in [0.05, 0.1) is 28.6 Å². The Labute approximate surface area is 199 Å². The lowest BCUT2D eigenvalue weighted by atomic mass is 10.1. The summed E-state index contributed by atoms with van der Waals surface area (Å²) in [6, 6.07) is 12.7. The molecule has 5 rings (SSSR count). The first kappa shape index (κ1) is 22.1. The molecule has 1 unspecified atom stereocenters. The van der Waals surface area contributed by atoms with Crippen LogP contribution in [-0.4, -0.2) is 48.2 Å². The van der Waals surface area contributed by atoms with Gasteiger partial charge in [0.2, 0.25) is 11.8 Å². The SMILES string of the molecule is CSc1cccc2sc(N(CC3CCCO3)C(=O)c3cccc(N4C(=O)CCC4=O)c3)nc12. The Morgan fingerprint density at radius 3 is 2.73 bits per heavy atom. The van der Waals surface area contributed by atoms with Crippen molar-refractivity contribution in [3.05, 3.63) is 48.0 Å². The monoisotopic (exact) mass is 481 g/mol. The van der Waals surface area contributed by atoms with Gasteiger partial charge >= 0.3 is 0 Å². The number of benzene rings is 2. The number of fused-ring (bicyclic) bond motifs is 1. The first-order valence-corrected chi connectivity index (χ1v) is 12.9. The number of imide groups is 1. The molecule has 2 aromatic carbocycles. The minimum Gasteiger partial charge on any atom is -0.376 e. The number of amides is 3. The predicted molar refractivity (Wildman–Crippen MR) is 130 cm³/mol. The fourth-order valence-electron chi connectivity index (χ4n) is 4.23. The fraction of sp³-hybridized carbons (Fsp3) is 0.333. The molecule has 1 atom stereocenters. The molecule has 0 N–H and O–H groups in total. The number of nitrogens with zero attached hydrogens (tertiary/aromatic N) is 3. The van der Waals surface area contributed by atoms with E-state index in [-0.39, 0.29) is 36.7 Å². The second-order valence-electron chi connectivity index (χ2n) is 8.03. The summed E-state index contributed by atoms with van der Waals surface area (Å²) in [5.74, 6) is -0.704. The first-order chi connectivity index (χ1) is 16.0. The Bertz CT molecular complexity index is 1220. The van der Waals surface area contributed by atoms with Crippen molar-refractivity contribution in [1.29, 1.82) is 0 Å². The van der Waals surface area contributed by atoms with Gasteiger partial charge < -0.3 is 4.74 Å². The summed E-state index contributed by atoms with van der Waals surface area (Å²) in [5, 5.41) is 0.616. The summed E-state index contributed by atoms with van der Waals surface area (Å²) in [6.07, 6.45) is 4.22. The second kappa shape index (κ2) is 9.24. The molecule has 0 saturated carbocycles.